The minimum atomic E-state index is 0.159. The average molecular weight is 223 g/mol. The zero-order valence-corrected chi connectivity index (χ0v) is 11.2. The first-order valence-electron chi connectivity index (χ1n) is 6.13. The van der Waals surface area contributed by atoms with Gasteiger partial charge in [0.2, 0.25) is 0 Å². The molecule has 0 aliphatic carbocycles. The van der Waals surface area contributed by atoms with Gasteiger partial charge in [0, 0.05) is 30.4 Å². The van der Waals surface area contributed by atoms with Crippen molar-refractivity contribution in [3.8, 4) is 0 Å². The molecule has 1 aromatic rings. The van der Waals surface area contributed by atoms with Crippen molar-refractivity contribution >= 4 is 0 Å². The molecule has 1 atom stereocenters. The lowest BCUT2D eigenvalue weighted by Gasteiger charge is -2.29. The van der Waals surface area contributed by atoms with Crippen LogP contribution in [0.1, 0.15) is 46.9 Å². The van der Waals surface area contributed by atoms with Crippen molar-refractivity contribution in [2.45, 2.75) is 59.0 Å². The van der Waals surface area contributed by atoms with Crippen LogP contribution in [0.4, 0.5) is 0 Å². The normalized spacial score (nSPS) is 14.4. The summed E-state index contributed by atoms with van der Waals surface area (Å²) in [6, 6.07) is 0.492. The molecule has 0 radical (unpaired) electrons. The first-order valence-corrected chi connectivity index (χ1v) is 6.13. The van der Waals surface area contributed by atoms with Gasteiger partial charge in [-0.15, -0.1) is 0 Å². The topological polar surface area (TPSA) is 40.7 Å². The van der Waals surface area contributed by atoms with Crippen molar-refractivity contribution in [3.05, 3.63) is 18.2 Å². The number of nitrogens with zero attached hydrogens (tertiary/aromatic N) is 1. The molecule has 0 aliphatic heterocycles. The SMILES string of the molecule is CC(C)CC(Cc1ncc[nH]1)NC(C)(C)C. The Labute approximate surface area is 99.1 Å². The summed E-state index contributed by atoms with van der Waals surface area (Å²) in [5.41, 5.74) is 0.159. The van der Waals surface area contributed by atoms with Gasteiger partial charge < -0.3 is 10.3 Å². The number of aromatic nitrogens is 2. The third-order valence-electron chi connectivity index (χ3n) is 2.39. The van der Waals surface area contributed by atoms with Crippen LogP contribution in [-0.2, 0) is 6.42 Å². The first kappa shape index (κ1) is 13.2. The van der Waals surface area contributed by atoms with E-state index in [-0.39, 0.29) is 5.54 Å². The molecule has 0 saturated heterocycles. The smallest absolute Gasteiger partial charge is 0.107 e. The number of aromatic amines is 1. The summed E-state index contributed by atoms with van der Waals surface area (Å²) in [5.74, 6) is 1.78. The van der Waals surface area contributed by atoms with Gasteiger partial charge in [0.15, 0.2) is 0 Å². The van der Waals surface area contributed by atoms with E-state index in [1.165, 1.54) is 6.42 Å². The molecule has 1 heterocycles. The highest BCUT2D eigenvalue weighted by Gasteiger charge is 2.19. The molecule has 1 unspecified atom stereocenters. The summed E-state index contributed by atoms with van der Waals surface area (Å²) in [5, 5.41) is 3.67. The molecule has 92 valence electrons. The summed E-state index contributed by atoms with van der Waals surface area (Å²) in [7, 11) is 0. The zero-order valence-electron chi connectivity index (χ0n) is 11.2. The maximum atomic E-state index is 4.30. The minimum Gasteiger partial charge on any atom is -0.349 e. The van der Waals surface area contributed by atoms with Crippen LogP contribution in [0, 0.1) is 5.92 Å². The summed E-state index contributed by atoms with van der Waals surface area (Å²) >= 11 is 0. The molecule has 0 fully saturated rings. The van der Waals surface area contributed by atoms with Crippen molar-refractivity contribution in [3.63, 3.8) is 0 Å². The second-order valence-corrected chi connectivity index (χ2v) is 5.96. The molecule has 16 heavy (non-hydrogen) atoms. The highest BCUT2D eigenvalue weighted by atomic mass is 15.0. The van der Waals surface area contributed by atoms with Gasteiger partial charge in [0.05, 0.1) is 0 Å². The van der Waals surface area contributed by atoms with E-state index in [0.717, 1.165) is 12.2 Å². The molecular formula is C13H25N3. The highest BCUT2D eigenvalue weighted by molar-refractivity contribution is 4.93. The van der Waals surface area contributed by atoms with Crippen molar-refractivity contribution < 1.29 is 0 Å². The Hall–Kier alpha value is -0.830. The highest BCUT2D eigenvalue weighted by Crippen LogP contribution is 2.12. The lowest BCUT2D eigenvalue weighted by Crippen LogP contribution is -2.45. The molecule has 0 amide bonds. The van der Waals surface area contributed by atoms with Crippen LogP contribution in [0.15, 0.2) is 12.4 Å². The summed E-state index contributed by atoms with van der Waals surface area (Å²) in [4.78, 5) is 7.47. The van der Waals surface area contributed by atoms with Crippen molar-refractivity contribution in [1.29, 1.82) is 0 Å². The second-order valence-electron chi connectivity index (χ2n) is 5.96. The molecular weight excluding hydrogens is 198 g/mol. The van der Waals surface area contributed by atoms with Crippen LogP contribution in [0.25, 0.3) is 0 Å². The Morgan fingerprint density at radius 3 is 2.50 bits per heavy atom. The molecule has 2 N–H and O–H groups in total. The predicted octanol–water partition coefficient (Wildman–Crippen LogP) is 2.76. The van der Waals surface area contributed by atoms with E-state index in [1.807, 2.05) is 12.4 Å². The number of imidazole rings is 1. The van der Waals surface area contributed by atoms with Gasteiger partial charge >= 0.3 is 0 Å². The number of nitrogens with one attached hydrogen (secondary N) is 2. The molecule has 0 bridgehead atoms. The van der Waals surface area contributed by atoms with E-state index in [1.54, 1.807) is 0 Å². The monoisotopic (exact) mass is 223 g/mol. The Morgan fingerprint density at radius 1 is 1.38 bits per heavy atom. The fraction of sp³-hybridized carbons (Fsp3) is 0.769. The van der Waals surface area contributed by atoms with Gasteiger partial charge in [0.25, 0.3) is 0 Å². The minimum absolute atomic E-state index is 0.159. The first-order chi connectivity index (χ1) is 7.37. The van der Waals surface area contributed by atoms with Crippen LogP contribution in [0.5, 0.6) is 0 Å². The molecule has 0 saturated carbocycles. The lowest BCUT2D eigenvalue weighted by molar-refractivity contribution is 0.317. The van der Waals surface area contributed by atoms with E-state index in [0.29, 0.717) is 12.0 Å². The van der Waals surface area contributed by atoms with E-state index >= 15 is 0 Å². The summed E-state index contributed by atoms with van der Waals surface area (Å²) in [6.07, 6.45) is 5.86. The Morgan fingerprint density at radius 2 is 2.06 bits per heavy atom. The van der Waals surface area contributed by atoms with Gasteiger partial charge in [-0.3, -0.25) is 0 Å². The molecule has 1 aromatic heterocycles. The Bertz CT molecular complexity index is 283. The maximum Gasteiger partial charge on any atom is 0.107 e. The maximum absolute atomic E-state index is 4.30. The lowest BCUT2D eigenvalue weighted by atomic mass is 9.97. The third-order valence-corrected chi connectivity index (χ3v) is 2.39. The largest absolute Gasteiger partial charge is 0.349 e. The van der Waals surface area contributed by atoms with Crippen molar-refractivity contribution in [2.24, 2.45) is 5.92 Å². The Kier molecular flexibility index (Phi) is 4.54. The number of H-pyrrole nitrogens is 1. The number of hydrogen-bond acceptors (Lipinski definition) is 2. The fourth-order valence-corrected chi connectivity index (χ4v) is 2.02. The van der Waals surface area contributed by atoms with Crippen molar-refractivity contribution in [1.82, 2.24) is 15.3 Å². The molecule has 1 rings (SSSR count). The molecule has 3 heteroatoms. The van der Waals surface area contributed by atoms with Crippen LogP contribution < -0.4 is 5.32 Å². The molecule has 0 spiro atoms. The third kappa shape index (κ3) is 5.31. The Balaban J connectivity index is 2.57. The van der Waals surface area contributed by atoms with E-state index in [2.05, 4.69) is 49.9 Å². The van der Waals surface area contributed by atoms with Crippen LogP contribution >= 0.6 is 0 Å². The van der Waals surface area contributed by atoms with E-state index < -0.39 is 0 Å². The van der Waals surface area contributed by atoms with Crippen LogP contribution in [-0.4, -0.2) is 21.5 Å². The van der Waals surface area contributed by atoms with Gasteiger partial charge in [-0.2, -0.15) is 0 Å². The number of hydrogen-bond donors (Lipinski definition) is 2. The average Bonchev–Trinajstić information content (AvgIpc) is 2.51. The quantitative estimate of drug-likeness (QED) is 0.806. The van der Waals surface area contributed by atoms with E-state index in [9.17, 15) is 0 Å². The van der Waals surface area contributed by atoms with Crippen LogP contribution in [0.3, 0.4) is 0 Å². The van der Waals surface area contributed by atoms with Crippen molar-refractivity contribution in [2.75, 3.05) is 0 Å². The predicted molar refractivity (Wildman–Crippen MR) is 68.4 cm³/mol. The summed E-state index contributed by atoms with van der Waals surface area (Å²) in [6.45, 7) is 11.2. The van der Waals surface area contributed by atoms with Gasteiger partial charge in [-0.1, -0.05) is 13.8 Å². The van der Waals surface area contributed by atoms with Gasteiger partial charge in [0.1, 0.15) is 5.82 Å². The molecule has 0 aliphatic rings. The number of rotatable bonds is 5. The van der Waals surface area contributed by atoms with Gasteiger partial charge in [-0.05, 0) is 33.1 Å². The summed E-state index contributed by atoms with van der Waals surface area (Å²) < 4.78 is 0. The standard InChI is InChI=1S/C13H25N3/c1-10(2)8-11(16-13(3,4)5)9-12-14-6-7-15-12/h6-7,10-11,16H,8-9H2,1-5H3,(H,14,15). The van der Waals surface area contributed by atoms with Gasteiger partial charge in [-0.25, -0.2) is 4.98 Å². The zero-order chi connectivity index (χ0) is 12.2. The fourth-order valence-electron chi connectivity index (χ4n) is 2.02. The van der Waals surface area contributed by atoms with E-state index in [4.69, 9.17) is 0 Å². The molecule has 0 aromatic carbocycles. The van der Waals surface area contributed by atoms with Crippen LogP contribution in [0.2, 0.25) is 0 Å². The second kappa shape index (κ2) is 5.48. The molecule has 3 nitrogen and oxygen atoms in total.